The number of carbonyl (C=O) groups excluding carboxylic acids is 2. The standard InChI is InChI=1S/C20H20N2O5/c1-25-16-5-3-2-4-15(16)20(24)21-13-10-19(23)22(12-13)14-6-7-17-18(11-14)27-9-8-26-17/h2-7,11,13H,8-10,12H2,1H3,(H,21,24). The fourth-order valence-electron chi connectivity index (χ4n) is 3.35. The van der Waals surface area contributed by atoms with Crippen molar-refractivity contribution in [2.24, 2.45) is 0 Å². The lowest BCUT2D eigenvalue weighted by molar-refractivity contribution is -0.117. The second-order valence-corrected chi connectivity index (χ2v) is 6.41. The summed E-state index contributed by atoms with van der Waals surface area (Å²) in [7, 11) is 1.52. The molecular formula is C20H20N2O5. The van der Waals surface area contributed by atoms with Crippen LogP contribution < -0.4 is 24.4 Å². The molecule has 27 heavy (non-hydrogen) atoms. The first-order chi connectivity index (χ1) is 13.2. The van der Waals surface area contributed by atoms with Crippen molar-refractivity contribution in [3.8, 4) is 17.2 Å². The van der Waals surface area contributed by atoms with Crippen LogP contribution in [0.3, 0.4) is 0 Å². The molecule has 2 aliphatic heterocycles. The first-order valence-electron chi connectivity index (χ1n) is 8.79. The van der Waals surface area contributed by atoms with E-state index in [4.69, 9.17) is 14.2 Å². The number of methoxy groups -OCH3 is 1. The van der Waals surface area contributed by atoms with Crippen molar-refractivity contribution in [3.05, 3.63) is 48.0 Å². The van der Waals surface area contributed by atoms with E-state index in [0.717, 1.165) is 5.69 Å². The summed E-state index contributed by atoms with van der Waals surface area (Å²) in [6.07, 6.45) is 0.245. The van der Waals surface area contributed by atoms with Crippen LogP contribution in [-0.2, 0) is 4.79 Å². The molecule has 1 atom stereocenters. The van der Waals surface area contributed by atoms with E-state index in [9.17, 15) is 9.59 Å². The van der Waals surface area contributed by atoms with E-state index in [1.165, 1.54) is 7.11 Å². The van der Waals surface area contributed by atoms with Gasteiger partial charge in [-0.3, -0.25) is 9.59 Å². The van der Waals surface area contributed by atoms with Crippen LogP contribution in [0.2, 0.25) is 0 Å². The molecule has 0 spiro atoms. The molecular weight excluding hydrogens is 348 g/mol. The molecule has 0 bridgehead atoms. The van der Waals surface area contributed by atoms with Crippen molar-refractivity contribution in [2.75, 3.05) is 31.8 Å². The number of nitrogens with zero attached hydrogens (tertiary/aromatic N) is 1. The smallest absolute Gasteiger partial charge is 0.255 e. The van der Waals surface area contributed by atoms with Gasteiger partial charge in [0.2, 0.25) is 5.91 Å². The minimum absolute atomic E-state index is 0.0444. The Morgan fingerprint density at radius 3 is 2.74 bits per heavy atom. The summed E-state index contributed by atoms with van der Waals surface area (Å²) < 4.78 is 16.3. The minimum Gasteiger partial charge on any atom is -0.496 e. The van der Waals surface area contributed by atoms with Crippen LogP contribution in [0.25, 0.3) is 0 Å². The van der Waals surface area contributed by atoms with E-state index >= 15 is 0 Å². The maximum absolute atomic E-state index is 12.6. The topological polar surface area (TPSA) is 77.1 Å². The molecule has 0 radical (unpaired) electrons. The first kappa shape index (κ1) is 17.2. The number of hydrogen-bond donors (Lipinski definition) is 1. The molecule has 1 fully saturated rings. The summed E-state index contributed by atoms with van der Waals surface area (Å²) in [6.45, 7) is 1.41. The summed E-state index contributed by atoms with van der Waals surface area (Å²) >= 11 is 0. The van der Waals surface area contributed by atoms with Crippen LogP contribution in [0.5, 0.6) is 17.2 Å². The van der Waals surface area contributed by atoms with E-state index in [1.807, 2.05) is 6.07 Å². The van der Waals surface area contributed by atoms with Gasteiger partial charge < -0.3 is 24.4 Å². The Kier molecular flexibility index (Phi) is 4.58. The van der Waals surface area contributed by atoms with Gasteiger partial charge in [-0.2, -0.15) is 0 Å². The zero-order valence-corrected chi connectivity index (χ0v) is 14.9. The van der Waals surface area contributed by atoms with Gasteiger partial charge in [0.15, 0.2) is 11.5 Å². The quantitative estimate of drug-likeness (QED) is 0.893. The molecule has 2 amide bonds. The lowest BCUT2D eigenvalue weighted by Gasteiger charge is -2.22. The normalized spacial score (nSPS) is 18.3. The molecule has 7 heteroatoms. The summed E-state index contributed by atoms with van der Waals surface area (Å²) in [4.78, 5) is 26.7. The molecule has 1 N–H and O–H groups in total. The number of ether oxygens (including phenoxy) is 3. The highest BCUT2D eigenvalue weighted by atomic mass is 16.6. The van der Waals surface area contributed by atoms with Crippen molar-refractivity contribution < 1.29 is 23.8 Å². The number of carbonyl (C=O) groups is 2. The molecule has 7 nitrogen and oxygen atoms in total. The zero-order valence-electron chi connectivity index (χ0n) is 14.9. The lowest BCUT2D eigenvalue weighted by atomic mass is 10.1. The highest BCUT2D eigenvalue weighted by Crippen LogP contribution is 2.35. The molecule has 4 rings (SSSR count). The van der Waals surface area contributed by atoms with Gasteiger partial charge in [0, 0.05) is 24.7 Å². The summed E-state index contributed by atoms with van der Waals surface area (Å²) in [5.74, 6) is 1.51. The third-order valence-electron chi connectivity index (χ3n) is 4.65. The number of amides is 2. The van der Waals surface area contributed by atoms with Crippen molar-refractivity contribution in [1.29, 1.82) is 0 Å². The van der Waals surface area contributed by atoms with Gasteiger partial charge >= 0.3 is 0 Å². The van der Waals surface area contributed by atoms with Crippen LogP contribution in [0.1, 0.15) is 16.8 Å². The number of para-hydroxylation sites is 1. The predicted molar refractivity (Wildman–Crippen MR) is 98.7 cm³/mol. The average Bonchev–Trinajstić information content (AvgIpc) is 3.07. The first-order valence-corrected chi connectivity index (χ1v) is 8.79. The van der Waals surface area contributed by atoms with Gasteiger partial charge in [-0.25, -0.2) is 0 Å². The Hall–Kier alpha value is -3.22. The third kappa shape index (κ3) is 3.40. The number of rotatable bonds is 4. The van der Waals surface area contributed by atoms with E-state index in [2.05, 4.69) is 5.32 Å². The molecule has 2 aromatic carbocycles. The van der Waals surface area contributed by atoms with E-state index in [1.54, 1.807) is 41.3 Å². The Labute approximate surface area is 156 Å². The van der Waals surface area contributed by atoms with Gasteiger partial charge in [-0.05, 0) is 24.3 Å². The van der Waals surface area contributed by atoms with E-state index in [-0.39, 0.29) is 24.3 Å². The van der Waals surface area contributed by atoms with Gasteiger partial charge in [0.05, 0.1) is 18.7 Å². The molecule has 0 aliphatic carbocycles. The third-order valence-corrected chi connectivity index (χ3v) is 4.65. The van der Waals surface area contributed by atoms with E-state index < -0.39 is 0 Å². The summed E-state index contributed by atoms with van der Waals surface area (Å²) in [5.41, 5.74) is 1.18. The van der Waals surface area contributed by atoms with Crippen molar-refractivity contribution in [3.63, 3.8) is 0 Å². The van der Waals surface area contributed by atoms with Gasteiger partial charge in [-0.1, -0.05) is 12.1 Å². The van der Waals surface area contributed by atoms with Crippen molar-refractivity contribution >= 4 is 17.5 Å². The maximum Gasteiger partial charge on any atom is 0.255 e. The molecule has 2 aromatic rings. The van der Waals surface area contributed by atoms with Crippen LogP contribution in [-0.4, -0.2) is 44.7 Å². The molecule has 140 valence electrons. The Morgan fingerprint density at radius 1 is 1.15 bits per heavy atom. The Bertz CT molecular complexity index is 882. The largest absolute Gasteiger partial charge is 0.496 e. The highest BCUT2D eigenvalue weighted by molar-refractivity contribution is 6.00. The fraction of sp³-hybridized carbons (Fsp3) is 0.300. The molecule has 0 saturated carbocycles. The van der Waals surface area contributed by atoms with Crippen molar-refractivity contribution in [1.82, 2.24) is 5.32 Å². The fourth-order valence-corrected chi connectivity index (χ4v) is 3.35. The van der Waals surface area contributed by atoms with Crippen molar-refractivity contribution in [2.45, 2.75) is 12.5 Å². The van der Waals surface area contributed by atoms with Crippen LogP contribution in [0, 0.1) is 0 Å². The lowest BCUT2D eigenvalue weighted by Crippen LogP contribution is -2.37. The number of benzene rings is 2. The summed E-state index contributed by atoms with van der Waals surface area (Å²) in [6, 6.07) is 12.2. The molecule has 1 unspecified atom stereocenters. The molecule has 0 aromatic heterocycles. The summed E-state index contributed by atoms with van der Waals surface area (Å²) in [5, 5.41) is 2.92. The molecule has 2 heterocycles. The van der Waals surface area contributed by atoms with Gasteiger partial charge in [-0.15, -0.1) is 0 Å². The SMILES string of the molecule is COc1ccccc1C(=O)NC1CC(=O)N(c2ccc3c(c2)OCCO3)C1. The predicted octanol–water partition coefficient (Wildman–Crippen LogP) is 2.00. The molecule has 2 aliphatic rings. The number of hydrogen-bond acceptors (Lipinski definition) is 5. The monoisotopic (exact) mass is 368 g/mol. The second kappa shape index (κ2) is 7.19. The second-order valence-electron chi connectivity index (χ2n) is 6.41. The highest BCUT2D eigenvalue weighted by Gasteiger charge is 2.32. The number of anilines is 1. The van der Waals surface area contributed by atoms with Crippen LogP contribution in [0.15, 0.2) is 42.5 Å². The minimum atomic E-state index is -0.275. The van der Waals surface area contributed by atoms with E-state index in [0.29, 0.717) is 42.6 Å². The molecule has 1 saturated heterocycles. The van der Waals surface area contributed by atoms with Crippen LogP contribution >= 0.6 is 0 Å². The van der Waals surface area contributed by atoms with Gasteiger partial charge in [0.1, 0.15) is 19.0 Å². The Morgan fingerprint density at radius 2 is 1.93 bits per heavy atom. The zero-order chi connectivity index (χ0) is 18.8. The number of nitrogens with one attached hydrogen (secondary N) is 1. The van der Waals surface area contributed by atoms with Crippen LogP contribution in [0.4, 0.5) is 5.69 Å². The Balaban J connectivity index is 1.47. The van der Waals surface area contributed by atoms with Gasteiger partial charge in [0.25, 0.3) is 5.91 Å². The number of fused-ring (bicyclic) bond motifs is 1. The average molecular weight is 368 g/mol. The maximum atomic E-state index is 12.6.